The summed E-state index contributed by atoms with van der Waals surface area (Å²) >= 11 is 0. The standard InChI is InChI=1S/C12H15NO3S/c1-7-3-8(2)12-9(4-7)13-10-5-17(14,15)6-11(10)16-12/h3-4,10-11,13H,5-6H2,1-2H3. The van der Waals surface area contributed by atoms with Crippen molar-refractivity contribution in [3.63, 3.8) is 0 Å². The lowest BCUT2D eigenvalue weighted by molar-refractivity contribution is 0.204. The number of benzene rings is 1. The molecule has 17 heavy (non-hydrogen) atoms. The Balaban J connectivity index is 2.02. The lowest BCUT2D eigenvalue weighted by Crippen LogP contribution is -2.40. The third-order valence-corrected chi connectivity index (χ3v) is 5.03. The molecule has 2 aliphatic rings. The van der Waals surface area contributed by atoms with Gasteiger partial charge in [0.15, 0.2) is 9.84 Å². The Bertz CT molecular complexity index is 580. The van der Waals surface area contributed by atoms with Crippen molar-refractivity contribution in [1.82, 2.24) is 0 Å². The highest BCUT2D eigenvalue weighted by Gasteiger charge is 2.42. The number of ether oxygens (including phenoxy) is 1. The van der Waals surface area contributed by atoms with Gasteiger partial charge < -0.3 is 10.1 Å². The molecule has 3 rings (SSSR count). The molecule has 2 atom stereocenters. The fourth-order valence-electron chi connectivity index (χ4n) is 2.64. The normalized spacial score (nSPS) is 28.8. The average Bonchev–Trinajstić information content (AvgIpc) is 2.48. The molecule has 4 nitrogen and oxygen atoms in total. The van der Waals surface area contributed by atoms with Gasteiger partial charge in [0.2, 0.25) is 0 Å². The van der Waals surface area contributed by atoms with Crippen LogP contribution >= 0.6 is 0 Å². The van der Waals surface area contributed by atoms with Gasteiger partial charge in [0, 0.05) is 0 Å². The van der Waals surface area contributed by atoms with Crippen molar-refractivity contribution in [2.45, 2.75) is 26.0 Å². The van der Waals surface area contributed by atoms with Crippen molar-refractivity contribution in [1.29, 1.82) is 0 Å². The maximum absolute atomic E-state index is 11.6. The van der Waals surface area contributed by atoms with Crippen molar-refractivity contribution in [3.05, 3.63) is 23.3 Å². The zero-order chi connectivity index (χ0) is 12.2. The minimum absolute atomic E-state index is 0.103. The van der Waals surface area contributed by atoms with Crippen LogP contribution in [-0.4, -0.2) is 32.1 Å². The second-order valence-corrected chi connectivity index (χ2v) is 7.10. The molecule has 5 heteroatoms. The molecule has 1 aromatic carbocycles. The summed E-state index contributed by atoms with van der Waals surface area (Å²) in [6.07, 6.45) is -0.242. The van der Waals surface area contributed by atoms with Crippen LogP contribution in [0.25, 0.3) is 0 Å². The van der Waals surface area contributed by atoms with Gasteiger partial charge in [-0.25, -0.2) is 8.42 Å². The zero-order valence-corrected chi connectivity index (χ0v) is 10.7. The quantitative estimate of drug-likeness (QED) is 0.756. The third kappa shape index (κ3) is 1.78. The molecule has 1 N–H and O–H groups in total. The van der Waals surface area contributed by atoms with E-state index in [1.165, 1.54) is 0 Å². The van der Waals surface area contributed by atoms with Gasteiger partial charge in [0.05, 0.1) is 23.2 Å². The van der Waals surface area contributed by atoms with Crippen LogP contribution in [0.5, 0.6) is 5.75 Å². The van der Waals surface area contributed by atoms with Crippen molar-refractivity contribution < 1.29 is 13.2 Å². The van der Waals surface area contributed by atoms with E-state index in [2.05, 4.69) is 5.32 Å². The Morgan fingerprint density at radius 2 is 2.06 bits per heavy atom. The Morgan fingerprint density at radius 3 is 2.82 bits per heavy atom. The second kappa shape index (κ2) is 3.38. The molecule has 0 aliphatic carbocycles. The SMILES string of the molecule is Cc1cc(C)c2c(c1)NC1CS(=O)(=O)CC1O2. The van der Waals surface area contributed by atoms with E-state index < -0.39 is 9.84 Å². The summed E-state index contributed by atoms with van der Waals surface area (Å²) in [5, 5.41) is 3.29. The van der Waals surface area contributed by atoms with E-state index in [-0.39, 0.29) is 23.7 Å². The molecule has 1 fully saturated rings. The first-order valence-electron chi connectivity index (χ1n) is 5.69. The number of hydrogen-bond acceptors (Lipinski definition) is 4. The smallest absolute Gasteiger partial charge is 0.156 e. The van der Waals surface area contributed by atoms with Gasteiger partial charge in [-0.1, -0.05) is 6.07 Å². The number of aryl methyl sites for hydroxylation is 2. The van der Waals surface area contributed by atoms with Gasteiger partial charge in [-0.15, -0.1) is 0 Å². The van der Waals surface area contributed by atoms with E-state index in [1.54, 1.807) is 0 Å². The third-order valence-electron chi connectivity index (χ3n) is 3.33. The number of fused-ring (bicyclic) bond motifs is 2. The fraction of sp³-hybridized carbons (Fsp3) is 0.500. The molecule has 92 valence electrons. The summed E-state index contributed by atoms with van der Waals surface area (Å²) in [7, 11) is -2.96. The zero-order valence-electron chi connectivity index (χ0n) is 9.86. The summed E-state index contributed by atoms with van der Waals surface area (Å²) in [5.74, 6) is 1.09. The van der Waals surface area contributed by atoms with Crippen molar-refractivity contribution in [2.24, 2.45) is 0 Å². The molecule has 0 aromatic heterocycles. The molecule has 2 heterocycles. The minimum Gasteiger partial charge on any atom is -0.485 e. The van der Waals surface area contributed by atoms with Crippen LogP contribution in [0.2, 0.25) is 0 Å². The summed E-state index contributed by atoms with van der Waals surface area (Å²) in [6, 6.07) is 3.95. The van der Waals surface area contributed by atoms with Gasteiger partial charge in [-0.3, -0.25) is 0 Å². The van der Waals surface area contributed by atoms with E-state index in [1.807, 2.05) is 26.0 Å². The Kier molecular flexibility index (Phi) is 2.17. The highest BCUT2D eigenvalue weighted by Crippen LogP contribution is 2.37. The Labute approximate surface area is 101 Å². The molecule has 1 saturated heterocycles. The van der Waals surface area contributed by atoms with Gasteiger partial charge in [-0.05, 0) is 31.0 Å². The predicted molar refractivity (Wildman–Crippen MR) is 66.4 cm³/mol. The topological polar surface area (TPSA) is 55.4 Å². The second-order valence-electron chi connectivity index (χ2n) is 4.94. The first-order valence-corrected chi connectivity index (χ1v) is 7.52. The molecule has 2 unspecified atom stereocenters. The van der Waals surface area contributed by atoms with E-state index in [4.69, 9.17) is 4.74 Å². The number of hydrogen-bond donors (Lipinski definition) is 1. The monoisotopic (exact) mass is 253 g/mol. The molecule has 2 aliphatic heterocycles. The Hall–Kier alpha value is -1.23. The van der Waals surface area contributed by atoms with Crippen LogP contribution in [0.1, 0.15) is 11.1 Å². The first kappa shape index (κ1) is 10.9. The lowest BCUT2D eigenvalue weighted by atomic mass is 10.1. The molecule has 0 amide bonds. The molecule has 0 radical (unpaired) electrons. The minimum atomic E-state index is -2.96. The van der Waals surface area contributed by atoms with Crippen molar-refractivity contribution >= 4 is 15.5 Å². The van der Waals surface area contributed by atoms with Crippen LogP contribution in [0.3, 0.4) is 0 Å². The molecule has 1 aromatic rings. The Morgan fingerprint density at radius 1 is 1.29 bits per heavy atom. The molecular weight excluding hydrogens is 238 g/mol. The number of rotatable bonds is 0. The number of nitrogens with one attached hydrogen (secondary N) is 1. The molecular formula is C12H15NO3S. The van der Waals surface area contributed by atoms with Crippen LogP contribution < -0.4 is 10.1 Å². The maximum Gasteiger partial charge on any atom is 0.156 e. The van der Waals surface area contributed by atoms with Crippen molar-refractivity contribution in [2.75, 3.05) is 16.8 Å². The summed E-state index contributed by atoms with van der Waals surface area (Å²) in [5.41, 5.74) is 3.12. The summed E-state index contributed by atoms with van der Waals surface area (Å²) < 4.78 is 29.0. The van der Waals surface area contributed by atoms with Gasteiger partial charge in [0.1, 0.15) is 11.9 Å². The molecule has 0 spiro atoms. The van der Waals surface area contributed by atoms with Crippen LogP contribution in [0, 0.1) is 13.8 Å². The van der Waals surface area contributed by atoms with Crippen LogP contribution in [0.4, 0.5) is 5.69 Å². The summed E-state index contributed by atoms with van der Waals surface area (Å²) in [6.45, 7) is 4.00. The van der Waals surface area contributed by atoms with E-state index >= 15 is 0 Å². The average molecular weight is 253 g/mol. The summed E-state index contributed by atoms with van der Waals surface area (Å²) in [4.78, 5) is 0. The van der Waals surface area contributed by atoms with E-state index in [0.717, 1.165) is 22.6 Å². The van der Waals surface area contributed by atoms with Crippen molar-refractivity contribution in [3.8, 4) is 5.75 Å². The van der Waals surface area contributed by atoms with Gasteiger partial charge in [0.25, 0.3) is 0 Å². The van der Waals surface area contributed by atoms with E-state index in [9.17, 15) is 8.42 Å². The van der Waals surface area contributed by atoms with Crippen LogP contribution in [-0.2, 0) is 9.84 Å². The molecule has 0 bridgehead atoms. The van der Waals surface area contributed by atoms with Gasteiger partial charge in [-0.2, -0.15) is 0 Å². The van der Waals surface area contributed by atoms with Gasteiger partial charge >= 0.3 is 0 Å². The predicted octanol–water partition coefficient (Wildman–Crippen LogP) is 1.27. The largest absolute Gasteiger partial charge is 0.485 e. The van der Waals surface area contributed by atoms with Crippen LogP contribution in [0.15, 0.2) is 12.1 Å². The molecule has 0 saturated carbocycles. The number of anilines is 1. The fourth-order valence-corrected chi connectivity index (χ4v) is 4.42. The number of sulfone groups is 1. The van der Waals surface area contributed by atoms with E-state index in [0.29, 0.717) is 0 Å². The highest BCUT2D eigenvalue weighted by molar-refractivity contribution is 7.91. The first-order chi connectivity index (χ1) is 7.94. The maximum atomic E-state index is 11.6. The highest BCUT2D eigenvalue weighted by atomic mass is 32.2. The lowest BCUT2D eigenvalue weighted by Gasteiger charge is -2.30.